The van der Waals surface area contributed by atoms with E-state index in [1.165, 1.54) is 11.1 Å². The van der Waals surface area contributed by atoms with Crippen LogP contribution in [0, 0.1) is 0 Å². The Balaban J connectivity index is 1.28. The molecule has 29 heavy (non-hydrogen) atoms. The molecule has 1 aliphatic rings. The number of rotatable bonds is 5. The molecule has 148 valence electrons. The van der Waals surface area contributed by atoms with Crippen LogP contribution in [0.2, 0.25) is 0 Å². The Labute approximate surface area is 170 Å². The molecule has 2 N–H and O–H groups in total. The van der Waals surface area contributed by atoms with Gasteiger partial charge in [0.05, 0.1) is 5.56 Å². The lowest BCUT2D eigenvalue weighted by Gasteiger charge is -2.29. The molecule has 5 nitrogen and oxygen atoms in total. The van der Waals surface area contributed by atoms with E-state index in [2.05, 4.69) is 17.4 Å². The van der Waals surface area contributed by atoms with Gasteiger partial charge in [0.15, 0.2) is 0 Å². The first-order chi connectivity index (χ1) is 14.1. The third-order valence-corrected chi connectivity index (χ3v) is 5.44. The zero-order valence-corrected chi connectivity index (χ0v) is 16.2. The van der Waals surface area contributed by atoms with Gasteiger partial charge >= 0.3 is 0 Å². The summed E-state index contributed by atoms with van der Waals surface area (Å²) in [5.74, 6) is -0.251. The highest BCUT2D eigenvalue weighted by molar-refractivity contribution is 6.01. The molecule has 5 heteroatoms. The Morgan fingerprint density at radius 1 is 0.966 bits per heavy atom. The molecule has 0 bridgehead atoms. The second kappa shape index (κ2) is 8.35. The number of hydrogen-bond donors (Lipinski definition) is 2. The maximum atomic E-state index is 12.5. The first-order valence-electron chi connectivity index (χ1n) is 9.96. The summed E-state index contributed by atoms with van der Waals surface area (Å²) in [4.78, 5) is 26.8. The molecule has 0 unspecified atom stereocenters. The Kier molecular flexibility index (Phi) is 5.47. The first kappa shape index (κ1) is 19.0. The van der Waals surface area contributed by atoms with E-state index >= 15 is 0 Å². The van der Waals surface area contributed by atoms with Gasteiger partial charge in [-0.05, 0) is 46.9 Å². The number of nitrogens with zero attached hydrogens (tertiary/aromatic N) is 1. The summed E-state index contributed by atoms with van der Waals surface area (Å²) in [6.07, 6.45) is 1.85. The fourth-order valence-electron chi connectivity index (χ4n) is 3.81. The van der Waals surface area contributed by atoms with Crippen LogP contribution in [-0.2, 0) is 17.8 Å². The Morgan fingerprint density at radius 3 is 2.45 bits per heavy atom. The van der Waals surface area contributed by atoms with Crippen LogP contribution in [-0.4, -0.2) is 34.9 Å². The predicted molar refractivity (Wildman–Crippen MR) is 113 cm³/mol. The van der Waals surface area contributed by atoms with Crippen molar-refractivity contribution < 1.29 is 14.7 Å². The third kappa shape index (κ3) is 4.24. The smallest absolute Gasteiger partial charge is 0.255 e. The van der Waals surface area contributed by atoms with Gasteiger partial charge in [0.1, 0.15) is 5.75 Å². The molecule has 0 radical (unpaired) electrons. The van der Waals surface area contributed by atoms with E-state index in [1.807, 2.05) is 41.3 Å². The van der Waals surface area contributed by atoms with Crippen molar-refractivity contribution in [2.75, 3.05) is 13.1 Å². The minimum absolute atomic E-state index is 0.0377. The molecule has 3 aromatic carbocycles. The largest absolute Gasteiger partial charge is 0.507 e. The summed E-state index contributed by atoms with van der Waals surface area (Å²) >= 11 is 0. The van der Waals surface area contributed by atoms with Crippen LogP contribution < -0.4 is 5.32 Å². The molecule has 4 rings (SSSR count). The molecule has 1 aliphatic heterocycles. The number of carbonyl (C=O) groups is 2. The second-order valence-electron chi connectivity index (χ2n) is 7.41. The molecule has 0 saturated heterocycles. The monoisotopic (exact) mass is 388 g/mol. The van der Waals surface area contributed by atoms with Gasteiger partial charge in [0.2, 0.25) is 5.91 Å². The number of aromatic hydroxyl groups is 1. The van der Waals surface area contributed by atoms with Crippen molar-refractivity contribution in [3.63, 3.8) is 0 Å². The molecular formula is C24H24N2O3. The molecule has 0 aliphatic carbocycles. The minimum atomic E-state index is -0.326. The van der Waals surface area contributed by atoms with Gasteiger partial charge in [-0.15, -0.1) is 0 Å². The van der Waals surface area contributed by atoms with E-state index in [-0.39, 0.29) is 23.1 Å². The lowest BCUT2D eigenvalue weighted by Crippen LogP contribution is -2.36. The number of carbonyl (C=O) groups excluding carboxylic acids is 2. The van der Waals surface area contributed by atoms with Crippen LogP contribution in [0.25, 0.3) is 10.8 Å². The van der Waals surface area contributed by atoms with Crippen molar-refractivity contribution in [1.82, 2.24) is 10.2 Å². The van der Waals surface area contributed by atoms with Gasteiger partial charge in [0, 0.05) is 26.1 Å². The van der Waals surface area contributed by atoms with Crippen molar-refractivity contribution in [2.24, 2.45) is 0 Å². The molecule has 0 aromatic heterocycles. The zero-order valence-electron chi connectivity index (χ0n) is 16.2. The Hall–Kier alpha value is -3.34. The fraction of sp³-hybridized carbons (Fsp3) is 0.250. The van der Waals surface area contributed by atoms with Crippen LogP contribution in [0.15, 0.2) is 60.7 Å². The number of hydrogen-bond acceptors (Lipinski definition) is 3. The summed E-state index contributed by atoms with van der Waals surface area (Å²) in [7, 11) is 0. The standard InChI is InChI=1S/C24H24N2O3/c27-22-15-19-8-3-2-7-18(19)14-21(22)24(29)25-12-5-10-23(28)26-13-11-17-6-1-4-9-20(17)16-26/h1-4,6-9,14-15,27H,5,10-13,16H2,(H,25,29). The Bertz CT molecular complexity index is 1060. The van der Waals surface area contributed by atoms with Crippen LogP contribution in [0.4, 0.5) is 0 Å². The fourth-order valence-corrected chi connectivity index (χ4v) is 3.81. The average molecular weight is 388 g/mol. The van der Waals surface area contributed by atoms with E-state index in [9.17, 15) is 14.7 Å². The number of phenolic OH excluding ortho intramolecular Hbond substituents is 1. The highest BCUT2D eigenvalue weighted by atomic mass is 16.3. The normalized spacial score (nSPS) is 13.2. The molecule has 1 heterocycles. The molecule has 0 fully saturated rings. The lowest BCUT2D eigenvalue weighted by molar-refractivity contribution is -0.132. The minimum Gasteiger partial charge on any atom is -0.507 e. The molecule has 0 saturated carbocycles. The van der Waals surface area contributed by atoms with Gasteiger partial charge < -0.3 is 15.3 Å². The highest BCUT2D eigenvalue weighted by Crippen LogP contribution is 2.25. The van der Waals surface area contributed by atoms with E-state index < -0.39 is 0 Å². The van der Waals surface area contributed by atoms with Gasteiger partial charge in [0.25, 0.3) is 5.91 Å². The van der Waals surface area contributed by atoms with Crippen molar-refractivity contribution in [2.45, 2.75) is 25.8 Å². The third-order valence-electron chi connectivity index (χ3n) is 5.44. The number of amides is 2. The predicted octanol–water partition coefficient (Wildman–Crippen LogP) is 3.64. The molecule has 0 atom stereocenters. The number of phenols is 1. The maximum absolute atomic E-state index is 12.5. The van der Waals surface area contributed by atoms with Gasteiger partial charge in [-0.3, -0.25) is 9.59 Å². The van der Waals surface area contributed by atoms with Crippen LogP contribution in [0.5, 0.6) is 5.75 Å². The molecular weight excluding hydrogens is 364 g/mol. The van der Waals surface area contributed by atoms with Crippen LogP contribution in [0.3, 0.4) is 0 Å². The van der Waals surface area contributed by atoms with Gasteiger partial charge in [-0.1, -0.05) is 48.5 Å². The van der Waals surface area contributed by atoms with E-state index in [0.717, 1.165) is 23.7 Å². The topological polar surface area (TPSA) is 69.6 Å². The highest BCUT2D eigenvalue weighted by Gasteiger charge is 2.20. The second-order valence-corrected chi connectivity index (χ2v) is 7.41. The van der Waals surface area contributed by atoms with Crippen molar-refractivity contribution in [1.29, 1.82) is 0 Å². The average Bonchev–Trinajstić information content (AvgIpc) is 2.75. The SMILES string of the molecule is O=C(NCCCC(=O)N1CCc2ccccc2C1)c1cc2ccccc2cc1O. The summed E-state index contributed by atoms with van der Waals surface area (Å²) in [5, 5.41) is 14.7. The van der Waals surface area contributed by atoms with Crippen LogP contribution >= 0.6 is 0 Å². The quantitative estimate of drug-likeness (QED) is 0.656. The first-order valence-corrected chi connectivity index (χ1v) is 9.96. The van der Waals surface area contributed by atoms with Crippen molar-refractivity contribution >= 4 is 22.6 Å². The summed E-state index contributed by atoms with van der Waals surface area (Å²) in [6, 6.07) is 19.1. The maximum Gasteiger partial charge on any atom is 0.255 e. The summed E-state index contributed by atoms with van der Waals surface area (Å²) < 4.78 is 0. The summed E-state index contributed by atoms with van der Waals surface area (Å²) in [5.41, 5.74) is 2.79. The Morgan fingerprint density at radius 2 is 1.66 bits per heavy atom. The number of nitrogens with one attached hydrogen (secondary N) is 1. The molecule has 0 spiro atoms. The number of fused-ring (bicyclic) bond motifs is 2. The zero-order chi connectivity index (χ0) is 20.2. The van der Waals surface area contributed by atoms with Gasteiger partial charge in [-0.2, -0.15) is 0 Å². The van der Waals surface area contributed by atoms with E-state index in [0.29, 0.717) is 25.9 Å². The van der Waals surface area contributed by atoms with E-state index in [1.54, 1.807) is 12.1 Å². The molecule has 2 amide bonds. The van der Waals surface area contributed by atoms with Crippen LogP contribution in [0.1, 0.15) is 34.3 Å². The van der Waals surface area contributed by atoms with Crippen molar-refractivity contribution in [3.8, 4) is 5.75 Å². The van der Waals surface area contributed by atoms with Gasteiger partial charge in [-0.25, -0.2) is 0 Å². The number of benzene rings is 3. The summed E-state index contributed by atoms with van der Waals surface area (Å²) in [6.45, 7) is 1.79. The van der Waals surface area contributed by atoms with Crippen molar-refractivity contribution in [3.05, 3.63) is 77.4 Å². The van der Waals surface area contributed by atoms with E-state index in [4.69, 9.17) is 0 Å². The molecule has 3 aromatic rings. The lowest BCUT2D eigenvalue weighted by atomic mass is 9.99.